The summed E-state index contributed by atoms with van der Waals surface area (Å²) in [6, 6.07) is 10.9. The average Bonchev–Trinajstić information content (AvgIpc) is 3.08. The van der Waals surface area contributed by atoms with Crippen molar-refractivity contribution in [2.75, 3.05) is 14.2 Å². The summed E-state index contributed by atoms with van der Waals surface area (Å²) in [4.78, 5) is 12.9. The van der Waals surface area contributed by atoms with Crippen molar-refractivity contribution in [1.29, 1.82) is 0 Å². The molecule has 0 bridgehead atoms. The number of hydrogen-bond donors (Lipinski definition) is 1. The number of carbonyl (C=O) groups excluding carboxylic acids is 1. The van der Waals surface area contributed by atoms with E-state index in [1.165, 1.54) is 0 Å². The standard InChI is InChI=1S/C21H21ClN2O4/c1-12-6-5-7-18(22)17(12)11-23-21(25)19-13(2)24-28-20(19)14-8-15(26-3)10-16(9-14)27-4/h5-10H,11H2,1-4H3,(H,23,25). The monoisotopic (exact) mass is 400 g/mol. The first-order valence-corrected chi connectivity index (χ1v) is 9.04. The molecule has 1 N–H and O–H groups in total. The number of nitrogens with zero attached hydrogens (tertiary/aromatic N) is 1. The van der Waals surface area contributed by atoms with Crippen molar-refractivity contribution >= 4 is 17.5 Å². The minimum Gasteiger partial charge on any atom is -0.497 e. The van der Waals surface area contributed by atoms with E-state index in [4.69, 9.17) is 25.6 Å². The van der Waals surface area contributed by atoms with Crippen molar-refractivity contribution in [1.82, 2.24) is 10.5 Å². The topological polar surface area (TPSA) is 73.6 Å². The molecule has 1 amide bonds. The number of hydrogen-bond acceptors (Lipinski definition) is 5. The van der Waals surface area contributed by atoms with E-state index in [2.05, 4.69) is 10.5 Å². The Morgan fingerprint density at radius 3 is 2.43 bits per heavy atom. The second kappa shape index (κ2) is 8.35. The Hall–Kier alpha value is -2.99. The number of halogens is 1. The fraction of sp³-hybridized carbons (Fsp3) is 0.238. The van der Waals surface area contributed by atoms with Crippen LogP contribution in [0.4, 0.5) is 0 Å². The van der Waals surface area contributed by atoms with Gasteiger partial charge in [0.05, 0.1) is 19.9 Å². The fourth-order valence-corrected chi connectivity index (χ4v) is 3.21. The lowest BCUT2D eigenvalue weighted by atomic mass is 10.0. The third-order valence-electron chi connectivity index (χ3n) is 4.48. The first-order chi connectivity index (χ1) is 13.4. The molecule has 0 radical (unpaired) electrons. The van der Waals surface area contributed by atoms with Crippen molar-refractivity contribution in [3.63, 3.8) is 0 Å². The molecule has 0 aliphatic carbocycles. The van der Waals surface area contributed by atoms with Gasteiger partial charge in [0.25, 0.3) is 5.91 Å². The van der Waals surface area contributed by atoms with Gasteiger partial charge in [-0.1, -0.05) is 28.9 Å². The second-order valence-electron chi connectivity index (χ2n) is 6.29. The number of aromatic nitrogens is 1. The molecule has 0 unspecified atom stereocenters. The minimum atomic E-state index is -0.296. The van der Waals surface area contributed by atoms with Crippen LogP contribution in [0.25, 0.3) is 11.3 Å². The molecule has 28 heavy (non-hydrogen) atoms. The maximum atomic E-state index is 12.9. The molecule has 0 saturated heterocycles. The number of rotatable bonds is 6. The van der Waals surface area contributed by atoms with Crippen LogP contribution in [0.2, 0.25) is 5.02 Å². The molecular formula is C21H21ClN2O4. The SMILES string of the molecule is COc1cc(OC)cc(-c2onc(C)c2C(=O)NCc2c(C)cccc2Cl)c1. The minimum absolute atomic E-state index is 0.296. The number of nitrogens with one attached hydrogen (secondary N) is 1. The van der Waals surface area contributed by atoms with Gasteiger partial charge in [0, 0.05) is 23.2 Å². The van der Waals surface area contributed by atoms with Gasteiger partial charge in [0.15, 0.2) is 5.76 Å². The second-order valence-corrected chi connectivity index (χ2v) is 6.70. The van der Waals surface area contributed by atoms with Crippen molar-refractivity contribution < 1.29 is 18.8 Å². The Morgan fingerprint density at radius 2 is 1.82 bits per heavy atom. The van der Waals surface area contributed by atoms with Gasteiger partial charge in [-0.3, -0.25) is 4.79 Å². The molecule has 0 aliphatic heterocycles. The molecule has 6 nitrogen and oxygen atoms in total. The zero-order valence-corrected chi connectivity index (χ0v) is 16.9. The van der Waals surface area contributed by atoms with E-state index >= 15 is 0 Å². The molecule has 0 atom stereocenters. The number of aryl methyl sites for hydroxylation is 2. The molecule has 1 heterocycles. The summed E-state index contributed by atoms with van der Waals surface area (Å²) in [5.74, 6) is 1.22. The van der Waals surface area contributed by atoms with Gasteiger partial charge < -0.3 is 19.3 Å². The van der Waals surface area contributed by atoms with Gasteiger partial charge in [0.2, 0.25) is 0 Å². The van der Waals surface area contributed by atoms with Crippen LogP contribution in [0, 0.1) is 13.8 Å². The fourth-order valence-electron chi connectivity index (χ4n) is 2.92. The van der Waals surface area contributed by atoms with Gasteiger partial charge in [-0.05, 0) is 43.2 Å². The summed E-state index contributed by atoms with van der Waals surface area (Å²) in [5, 5.41) is 7.49. The van der Waals surface area contributed by atoms with Crippen molar-refractivity contribution in [2.45, 2.75) is 20.4 Å². The maximum absolute atomic E-state index is 12.9. The lowest BCUT2D eigenvalue weighted by molar-refractivity contribution is 0.0950. The lowest BCUT2D eigenvalue weighted by Gasteiger charge is -2.11. The normalized spacial score (nSPS) is 10.6. The highest BCUT2D eigenvalue weighted by atomic mass is 35.5. The van der Waals surface area contributed by atoms with Crippen LogP contribution in [-0.2, 0) is 6.54 Å². The predicted octanol–water partition coefficient (Wildman–Crippen LogP) is 4.56. The van der Waals surface area contributed by atoms with E-state index in [0.29, 0.717) is 45.6 Å². The quantitative estimate of drug-likeness (QED) is 0.656. The Kier molecular flexibility index (Phi) is 5.90. The van der Waals surface area contributed by atoms with E-state index in [1.54, 1.807) is 45.4 Å². The molecule has 1 aromatic heterocycles. The zero-order valence-electron chi connectivity index (χ0n) is 16.1. The summed E-state index contributed by atoms with van der Waals surface area (Å²) in [7, 11) is 3.12. The summed E-state index contributed by atoms with van der Waals surface area (Å²) >= 11 is 6.25. The van der Waals surface area contributed by atoms with Gasteiger partial charge in [-0.25, -0.2) is 0 Å². The van der Waals surface area contributed by atoms with Crippen LogP contribution in [0.1, 0.15) is 27.2 Å². The van der Waals surface area contributed by atoms with Gasteiger partial charge in [-0.2, -0.15) is 0 Å². The maximum Gasteiger partial charge on any atom is 0.257 e. The van der Waals surface area contributed by atoms with Crippen LogP contribution in [0.5, 0.6) is 11.5 Å². The molecule has 3 rings (SSSR count). The first kappa shape index (κ1) is 19.8. The number of benzene rings is 2. The Bertz CT molecular complexity index is 971. The summed E-state index contributed by atoms with van der Waals surface area (Å²) < 4.78 is 16.1. The summed E-state index contributed by atoms with van der Waals surface area (Å²) in [6.45, 7) is 3.97. The van der Waals surface area contributed by atoms with Crippen molar-refractivity contribution in [2.24, 2.45) is 0 Å². The third kappa shape index (κ3) is 3.97. The molecule has 0 spiro atoms. The summed E-state index contributed by atoms with van der Waals surface area (Å²) in [5.41, 5.74) is 3.37. The molecule has 3 aromatic rings. The van der Waals surface area contributed by atoms with Crippen LogP contribution in [-0.4, -0.2) is 25.3 Å². The number of methoxy groups -OCH3 is 2. The van der Waals surface area contributed by atoms with Gasteiger partial charge in [0.1, 0.15) is 17.1 Å². The highest BCUT2D eigenvalue weighted by Crippen LogP contribution is 2.33. The van der Waals surface area contributed by atoms with Crippen molar-refractivity contribution in [3.05, 3.63) is 63.8 Å². The lowest BCUT2D eigenvalue weighted by Crippen LogP contribution is -2.24. The molecular weight excluding hydrogens is 380 g/mol. The van der Waals surface area contributed by atoms with Crippen LogP contribution < -0.4 is 14.8 Å². The number of amides is 1. The smallest absolute Gasteiger partial charge is 0.257 e. The highest BCUT2D eigenvalue weighted by molar-refractivity contribution is 6.31. The van der Waals surface area contributed by atoms with E-state index in [-0.39, 0.29) is 5.91 Å². The van der Waals surface area contributed by atoms with Gasteiger partial charge >= 0.3 is 0 Å². The third-order valence-corrected chi connectivity index (χ3v) is 4.84. The Balaban J connectivity index is 1.92. The molecule has 146 valence electrons. The van der Waals surface area contributed by atoms with E-state index in [0.717, 1.165) is 11.1 Å². The predicted molar refractivity (Wildman–Crippen MR) is 107 cm³/mol. The van der Waals surface area contributed by atoms with Crippen LogP contribution >= 0.6 is 11.6 Å². The molecule has 0 aliphatic rings. The van der Waals surface area contributed by atoms with Crippen LogP contribution in [0.15, 0.2) is 40.9 Å². The first-order valence-electron chi connectivity index (χ1n) is 8.66. The van der Waals surface area contributed by atoms with Gasteiger partial charge in [-0.15, -0.1) is 0 Å². The average molecular weight is 401 g/mol. The molecule has 2 aromatic carbocycles. The summed E-state index contributed by atoms with van der Waals surface area (Å²) in [6.07, 6.45) is 0. The number of ether oxygens (including phenoxy) is 2. The molecule has 0 saturated carbocycles. The number of carbonyl (C=O) groups is 1. The zero-order chi connectivity index (χ0) is 20.3. The largest absolute Gasteiger partial charge is 0.497 e. The molecule has 0 fully saturated rings. The van der Waals surface area contributed by atoms with Crippen molar-refractivity contribution in [3.8, 4) is 22.8 Å². The van der Waals surface area contributed by atoms with E-state index < -0.39 is 0 Å². The van der Waals surface area contributed by atoms with E-state index in [1.807, 2.05) is 19.1 Å². The highest BCUT2D eigenvalue weighted by Gasteiger charge is 2.23. The Labute approximate surface area is 168 Å². The molecule has 7 heteroatoms. The van der Waals surface area contributed by atoms with E-state index in [9.17, 15) is 4.79 Å². The van der Waals surface area contributed by atoms with Crippen LogP contribution in [0.3, 0.4) is 0 Å². The Morgan fingerprint density at radius 1 is 1.14 bits per heavy atom.